The third kappa shape index (κ3) is 2.14. The van der Waals surface area contributed by atoms with E-state index < -0.39 is 0 Å². The van der Waals surface area contributed by atoms with Gasteiger partial charge in [-0.15, -0.1) is 11.3 Å². The molecule has 74 valence electrons. The van der Waals surface area contributed by atoms with E-state index in [9.17, 15) is 0 Å². The van der Waals surface area contributed by atoms with Crippen LogP contribution in [0.4, 0.5) is 0 Å². The fourth-order valence-electron chi connectivity index (χ4n) is 1.89. The van der Waals surface area contributed by atoms with Gasteiger partial charge in [0, 0.05) is 10.9 Å². The van der Waals surface area contributed by atoms with Gasteiger partial charge in [0.25, 0.3) is 0 Å². The van der Waals surface area contributed by atoms with Gasteiger partial charge in [-0.3, -0.25) is 0 Å². The zero-order valence-corrected chi connectivity index (χ0v) is 8.94. The Morgan fingerprint density at radius 3 is 3.21 bits per heavy atom. The molecule has 0 spiro atoms. The van der Waals surface area contributed by atoms with E-state index in [-0.39, 0.29) is 0 Å². The molecular weight excluding hydrogens is 192 g/mol. The third-order valence-electron chi connectivity index (χ3n) is 2.64. The van der Waals surface area contributed by atoms with Gasteiger partial charge >= 0.3 is 0 Å². The normalized spacial score (nSPS) is 21.8. The largest absolute Gasteiger partial charge is 0.310 e. The lowest BCUT2D eigenvalue weighted by atomic mass is 10.00. The minimum atomic E-state index is 0.535. The first-order valence-electron chi connectivity index (χ1n) is 5.08. The lowest BCUT2D eigenvalue weighted by molar-refractivity contribution is 0.413. The number of rotatable bonds is 2. The van der Waals surface area contributed by atoms with Crippen molar-refractivity contribution >= 4 is 11.3 Å². The first kappa shape index (κ1) is 9.70. The fraction of sp³-hybridized carbons (Fsp3) is 0.545. The molecular formula is C11H14N2S. The molecule has 1 atom stereocenters. The van der Waals surface area contributed by atoms with E-state index in [1.807, 2.05) is 0 Å². The number of nitrogens with one attached hydrogen (secondary N) is 1. The summed E-state index contributed by atoms with van der Waals surface area (Å²) in [6, 6.07) is 4.90. The van der Waals surface area contributed by atoms with Crippen LogP contribution in [-0.4, -0.2) is 6.54 Å². The first-order valence-corrected chi connectivity index (χ1v) is 5.96. The lowest BCUT2D eigenvalue weighted by Gasteiger charge is -2.22. The van der Waals surface area contributed by atoms with E-state index >= 15 is 0 Å². The van der Waals surface area contributed by atoms with E-state index in [4.69, 9.17) is 5.26 Å². The van der Waals surface area contributed by atoms with Crippen molar-refractivity contribution in [3.05, 3.63) is 21.9 Å². The average molecular weight is 206 g/mol. The molecule has 1 N–H and O–H groups in total. The third-order valence-corrected chi connectivity index (χ3v) is 3.59. The van der Waals surface area contributed by atoms with Gasteiger partial charge in [0.05, 0.1) is 12.5 Å². The van der Waals surface area contributed by atoms with Crippen LogP contribution in [0.1, 0.15) is 35.7 Å². The van der Waals surface area contributed by atoms with Gasteiger partial charge in [-0.25, -0.2) is 0 Å². The van der Waals surface area contributed by atoms with Gasteiger partial charge < -0.3 is 5.32 Å². The zero-order chi connectivity index (χ0) is 9.80. The molecule has 1 aliphatic rings. The van der Waals surface area contributed by atoms with E-state index in [1.54, 1.807) is 11.3 Å². The summed E-state index contributed by atoms with van der Waals surface area (Å²) in [6.07, 6.45) is 4.41. The highest BCUT2D eigenvalue weighted by Gasteiger charge is 2.15. The molecule has 0 unspecified atom stereocenters. The highest BCUT2D eigenvalue weighted by atomic mass is 32.1. The van der Waals surface area contributed by atoms with Crippen molar-refractivity contribution < 1.29 is 0 Å². The van der Waals surface area contributed by atoms with Crippen molar-refractivity contribution in [2.75, 3.05) is 6.54 Å². The lowest BCUT2D eigenvalue weighted by Crippen LogP contribution is -2.26. The average Bonchev–Trinajstić information content (AvgIpc) is 2.68. The minimum Gasteiger partial charge on any atom is -0.310 e. The van der Waals surface area contributed by atoms with E-state index in [0.717, 1.165) is 6.54 Å². The van der Waals surface area contributed by atoms with Gasteiger partial charge in [-0.05, 0) is 36.4 Å². The molecule has 0 aromatic carbocycles. The number of nitriles is 1. The molecule has 1 aliphatic heterocycles. The van der Waals surface area contributed by atoms with Crippen molar-refractivity contribution in [1.29, 1.82) is 5.26 Å². The van der Waals surface area contributed by atoms with Crippen molar-refractivity contribution in [2.24, 2.45) is 0 Å². The summed E-state index contributed by atoms with van der Waals surface area (Å²) in [7, 11) is 0. The highest BCUT2D eigenvalue weighted by Crippen LogP contribution is 2.27. The van der Waals surface area contributed by atoms with Crippen molar-refractivity contribution in [3.63, 3.8) is 0 Å². The Kier molecular flexibility index (Phi) is 3.18. The van der Waals surface area contributed by atoms with Gasteiger partial charge in [0.1, 0.15) is 0 Å². The SMILES string of the molecule is N#CCc1cc([C@@H]2CCCCN2)cs1. The Hall–Kier alpha value is -0.850. The van der Waals surface area contributed by atoms with Gasteiger partial charge in [-0.2, -0.15) is 5.26 Å². The predicted octanol–water partition coefficient (Wildman–Crippen LogP) is 2.63. The van der Waals surface area contributed by atoms with Gasteiger partial charge in [0.15, 0.2) is 0 Å². The maximum absolute atomic E-state index is 8.58. The molecule has 1 aromatic heterocycles. The number of hydrogen-bond donors (Lipinski definition) is 1. The number of thiophene rings is 1. The summed E-state index contributed by atoms with van der Waals surface area (Å²) in [5.41, 5.74) is 1.37. The maximum Gasteiger partial charge on any atom is 0.0695 e. The van der Waals surface area contributed by atoms with Crippen molar-refractivity contribution in [3.8, 4) is 6.07 Å². The molecule has 0 saturated carbocycles. The summed E-state index contributed by atoms with van der Waals surface area (Å²) >= 11 is 1.71. The predicted molar refractivity (Wildman–Crippen MR) is 58.2 cm³/mol. The second-order valence-corrected chi connectivity index (χ2v) is 4.68. The van der Waals surface area contributed by atoms with Crippen LogP contribution in [0.2, 0.25) is 0 Å². The molecule has 1 aromatic rings. The van der Waals surface area contributed by atoms with Crippen LogP contribution in [0.15, 0.2) is 11.4 Å². The van der Waals surface area contributed by atoms with Gasteiger partial charge in [0.2, 0.25) is 0 Å². The Labute approximate surface area is 88.6 Å². The Morgan fingerprint density at radius 1 is 1.57 bits per heavy atom. The molecule has 0 aliphatic carbocycles. The van der Waals surface area contributed by atoms with Crippen LogP contribution in [0, 0.1) is 11.3 Å². The summed E-state index contributed by atoms with van der Waals surface area (Å²) < 4.78 is 0. The first-order chi connectivity index (χ1) is 6.90. The molecule has 2 nitrogen and oxygen atoms in total. The molecule has 1 saturated heterocycles. The van der Waals surface area contributed by atoms with E-state index in [0.29, 0.717) is 12.5 Å². The zero-order valence-electron chi connectivity index (χ0n) is 8.12. The minimum absolute atomic E-state index is 0.535. The monoisotopic (exact) mass is 206 g/mol. The van der Waals surface area contributed by atoms with Crippen LogP contribution in [-0.2, 0) is 6.42 Å². The summed E-state index contributed by atoms with van der Waals surface area (Å²) in [5, 5.41) is 14.3. The molecule has 2 rings (SSSR count). The van der Waals surface area contributed by atoms with Gasteiger partial charge in [-0.1, -0.05) is 6.42 Å². The molecule has 14 heavy (non-hydrogen) atoms. The summed E-state index contributed by atoms with van der Waals surface area (Å²) in [6.45, 7) is 1.13. The van der Waals surface area contributed by atoms with E-state index in [2.05, 4.69) is 22.8 Å². The maximum atomic E-state index is 8.58. The number of nitrogens with zero attached hydrogens (tertiary/aromatic N) is 1. The van der Waals surface area contributed by atoms with Crippen LogP contribution in [0.5, 0.6) is 0 Å². The second kappa shape index (κ2) is 4.59. The molecule has 1 fully saturated rings. The fourth-order valence-corrected chi connectivity index (χ4v) is 2.76. The number of hydrogen-bond acceptors (Lipinski definition) is 3. The van der Waals surface area contributed by atoms with Crippen LogP contribution >= 0.6 is 11.3 Å². The van der Waals surface area contributed by atoms with Crippen LogP contribution < -0.4 is 5.32 Å². The molecule has 3 heteroatoms. The summed E-state index contributed by atoms with van der Waals surface area (Å²) in [5.74, 6) is 0. The second-order valence-electron chi connectivity index (χ2n) is 3.68. The van der Waals surface area contributed by atoms with E-state index in [1.165, 1.54) is 29.7 Å². The standard InChI is InChI=1S/C11H14N2S/c12-5-4-10-7-9(8-14-10)11-3-1-2-6-13-11/h7-8,11,13H,1-4,6H2/t11-/m0/s1. The van der Waals surface area contributed by atoms with Crippen LogP contribution in [0.3, 0.4) is 0 Å². The highest BCUT2D eigenvalue weighted by molar-refractivity contribution is 7.10. The smallest absolute Gasteiger partial charge is 0.0695 e. The van der Waals surface area contributed by atoms with Crippen molar-refractivity contribution in [2.45, 2.75) is 31.7 Å². The Balaban J connectivity index is 2.04. The Morgan fingerprint density at radius 2 is 2.50 bits per heavy atom. The topological polar surface area (TPSA) is 35.8 Å². The Bertz CT molecular complexity index is 331. The van der Waals surface area contributed by atoms with Crippen molar-refractivity contribution in [1.82, 2.24) is 5.32 Å². The molecule has 0 amide bonds. The molecule has 2 heterocycles. The van der Waals surface area contributed by atoms with Crippen LogP contribution in [0.25, 0.3) is 0 Å². The number of piperidine rings is 1. The molecule has 0 bridgehead atoms. The quantitative estimate of drug-likeness (QED) is 0.807. The molecule has 0 radical (unpaired) electrons. The summed E-state index contributed by atoms with van der Waals surface area (Å²) in [4.78, 5) is 1.19.